The molecule has 1 unspecified atom stereocenters. The van der Waals surface area contributed by atoms with Crippen molar-refractivity contribution in [2.24, 2.45) is 7.05 Å². The molecular weight excluding hydrogens is 228 g/mol. The van der Waals surface area contributed by atoms with Crippen molar-refractivity contribution in [2.45, 2.75) is 25.6 Å². The van der Waals surface area contributed by atoms with Gasteiger partial charge in [0, 0.05) is 30.8 Å². The van der Waals surface area contributed by atoms with Crippen LogP contribution in [0.1, 0.15) is 35.4 Å². The lowest BCUT2D eigenvalue weighted by Gasteiger charge is -2.29. The smallest absolute Gasteiger partial charge is 0.130 e. The first-order valence-electron chi connectivity index (χ1n) is 6.09. The Morgan fingerprint density at radius 3 is 2.83 bits per heavy atom. The molecule has 0 amide bonds. The second-order valence-corrected chi connectivity index (χ2v) is 4.74. The second-order valence-electron chi connectivity index (χ2n) is 4.74. The summed E-state index contributed by atoms with van der Waals surface area (Å²) in [5.74, 6) is 0.768. The van der Waals surface area contributed by atoms with Gasteiger partial charge in [-0.15, -0.1) is 0 Å². The van der Waals surface area contributed by atoms with E-state index in [2.05, 4.69) is 5.10 Å². The summed E-state index contributed by atoms with van der Waals surface area (Å²) >= 11 is 0. The van der Waals surface area contributed by atoms with Crippen molar-refractivity contribution in [3.8, 4) is 5.75 Å². The van der Waals surface area contributed by atoms with E-state index >= 15 is 0 Å². The predicted molar refractivity (Wildman–Crippen MR) is 67.3 cm³/mol. The Bertz CT molecular complexity index is 577. The lowest BCUT2D eigenvalue weighted by molar-refractivity contribution is 0.0654. The molecule has 18 heavy (non-hydrogen) atoms. The van der Waals surface area contributed by atoms with E-state index in [1.807, 2.05) is 44.4 Å². The van der Waals surface area contributed by atoms with Crippen LogP contribution in [0.2, 0.25) is 0 Å². The minimum Gasteiger partial charge on any atom is -0.485 e. The molecule has 4 heteroatoms. The Morgan fingerprint density at radius 1 is 1.33 bits per heavy atom. The fourth-order valence-electron chi connectivity index (χ4n) is 2.52. The predicted octanol–water partition coefficient (Wildman–Crippen LogP) is 2.29. The SMILES string of the molecule is Cc1nn(C)cc1C1C[C@@H](O)c2ccccc2O1. The monoisotopic (exact) mass is 244 g/mol. The Labute approximate surface area is 106 Å². The Kier molecular flexibility index (Phi) is 2.59. The molecule has 0 fully saturated rings. The second kappa shape index (κ2) is 4.14. The summed E-state index contributed by atoms with van der Waals surface area (Å²) in [4.78, 5) is 0. The Balaban J connectivity index is 1.97. The summed E-state index contributed by atoms with van der Waals surface area (Å²) in [5.41, 5.74) is 2.87. The number of para-hydroxylation sites is 1. The highest BCUT2D eigenvalue weighted by molar-refractivity contribution is 5.38. The van der Waals surface area contributed by atoms with Crippen LogP contribution in [-0.2, 0) is 7.05 Å². The lowest BCUT2D eigenvalue weighted by Crippen LogP contribution is -2.19. The van der Waals surface area contributed by atoms with Crippen molar-refractivity contribution in [1.29, 1.82) is 0 Å². The molecule has 2 heterocycles. The van der Waals surface area contributed by atoms with Crippen LogP contribution in [0.3, 0.4) is 0 Å². The molecule has 1 aromatic carbocycles. The Hall–Kier alpha value is -1.81. The van der Waals surface area contributed by atoms with Gasteiger partial charge < -0.3 is 9.84 Å². The van der Waals surface area contributed by atoms with Crippen molar-refractivity contribution in [3.63, 3.8) is 0 Å². The number of nitrogens with zero attached hydrogens (tertiary/aromatic N) is 2. The molecule has 4 nitrogen and oxygen atoms in total. The van der Waals surface area contributed by atoms with Crippen molar-refractivity contribution in [3.05, 3.63) is 47.3 Å². The number of aliphatic hydroxyl groups excluding tert-OH is 1. The minimum absolute atomic E-state index is 0.122. The van der Waals surface area contributed by atoms with E-state index in [0.717, 1.165) is 22.6 Å². The number of rotatable bonds is 1. The van der Waals surface area contributed by atoms with Gasteiger partial charge in [-0.1, -0.05) is 18.2 Å². The standard InChI is InChI=1S/C14H16N2O2/c1-9-11(8-16(2)15-9)14-7-12(17)10-5-3-4-6-13(10)18-14/h3-6,8,12,14,17H,7H2,1-2H3/t12-,14?/m1/s1. The molecule has 0 radical (unpaired) electrons. The van der Waals surface area contributed by atoms with Crippen LogP contribution in [0, 0.1) is 6.92 Å². The van der Waals surface area contributed by atoms with Gasteiger partial charge >= 0.3 is 0 Å². The van der Waals surface area contributed by atoms with Crippen molar-refractivity contribution < 1.29 is 9.84 Å². The largest absolute Gasteiger partial charge is 0.485 e. The number of fused-ring (bicyclic) bond motifs is 1. The first-order chi connectivity index (χ1) is 8.65. The number of aromatic nitrogens is 2. The molecule has 0 aliphatic carbocycles. The third-order valence-electron chi connectivity index (χ3n) is 3.38. The summed E-state index contributed by atoms with van der Waals surface area (Å²) in [6, 6.07) is 7.65. The van der Waals surface area contributed by atoms with Gasteiger partial charge in [0.1, 0.15) is 11.9 Å². The maximum atomic E-state index is 10.2. The van der Waals surface area contributed by atoms with Crippen LogP contribution >= 0.6 is 0 Å². The van der Waals surface area contributed by atoms with Gasteiger partial charge in [-0.2, -0.15) is 5.10 Å². The molecule has 1 N–H and O–H groups in total. The molecule has 1 aliphatic rings. The van der Waals surface area contributed by atoms with Crippen LogP contribution < -0.4 is 4.74 Å². The molecule has 0 saturated carbocycles. The van der Waals surface area contributed by atoms with E-state index in [9.17, 15) is 5.11 Å². The van der Waals surface area contributed by atoms with E-state index in [1.165, 1.54) is 0 Å². The maximum Gasteiger partial charge on any atom is 0.130 e. The van der Waals surface area contributed by atoms with E-state index in [1.54, 1.807) is 4.68 Å². The van der Waals surface area contributed by atoms with E-state index < -0.39 is 6.10 Å². The average molecular weight is 244 g/mol. The highest BCUT2D eigenvalue weighted by atomic mass is 16.5. The van der Waals surface area contributed by atoms with Gasteiger partial charge in [-0.05, 0) is 13.0 Å². The molecule has 94 valence electrons. The first kappa shape index (κ1) is 11.3. The van der Waals surface area contributed by atoms with E-state index in [0.29, 0.717) is 6.42 Å². The molecule has 0 bridgehead atoms. The molecule has 0 spiro atoms. The highest BCUT2D eigenvalue weighted by Crippen LogP contribution is 2.40. The van der Waals surface area contributed by atoms with Crippen molar-refractivity contribution in [2.75, 3.05) is 0 Å². The summed E-state index contributed by atoms with van der Waals surface area (Å²) in [6.45, 7) is 1.96. The molecular formula is C14H16N2O2. The number of benzene rings is 1. The van der Waals surface area contributed by atoms with Crippen LogP contribution in [0.4, 0.5) is 0 Å². The zero-order chi connectivity index (χ0) is 12.7. The first-order valence-corrected chi connectivity index (χ1v) is 6.09. The molecule has 0 saturated heterocycles. The third-order valence-corrected chi connectivity index (χ3v) is 3.38. The molecule has 3 rings (SSSR count). The number of hydrogen-bond donors (Lipinski definition) is 1. The summed E-state index contributed by atoms with van der Waals surface area (Å²) in [5, 5.41) is 14.5. The van der Waals surface area contributed by atoms with Crippen molar-refractivity contribution in [1.82, 2.24) is 9.78 Å². The Morgan fingerprint density at radius 2 is 2.11 bits per heavy atom. The lowest BCUT2D eigenvalue weighted by atomic mass is 9.95. The van der Waals surface area contributed by atoms with Gasteiger partial charge in [0.15, 0.2) is 0 Å². The van der Waals surface area contributed by atoms with Crippen molar-refractivity contribution >= 4 is 0 Å². The third kappa shape index (κ3) is 1.78. The van der Waals surface area contributed by atoms with Crippen LogP contribution in [0.5, 0.6) is 5.75 Å². The molecule has 2 aromatic rings. The molecule has 1 aliphatic heterocycles. The fourth-order valence-corrected chi connectivity index (χ4v) is 2.52. The van der Waals surface area contributed by atoms with Crippen LogP contribution in [-0.4, -0.2) is 14.9 Å². The highest BCUT2D eigenvalue weighted by Gasteiger charge is 2.29. The van der Waals surface area contributed by atoms with E-state index in [-0.39, 0.29) is 6.10 Å². The normalized spacial score (nSPS) is 22.4. The number of ether oxygens (including phenoxy) is 1. The zero-order valence-electron chi connectivity index (χ0n) is 10.5. The van der Waals surface area contributed by atoms with Gasteiger partial charge in [0.25, 0.3) is 0 Å². The molecule has 2 atom stereocenters. The summed E-state index contributed by atoms with van der Waals surface area (Å²) in [6.07, 6.45) is 1.94. The maximum absolute atomic E-state index is 10.2. The van der Waals surface area contributed by atoms with Gasteiger partial charge in [0.2, 0.25) is 0 Å². The van der Waals surface area contributed by atoms with E-state index in [4.69, 9.17) is 4.74 Å². The summed E-state index contributed by atoms with van der Waals surface area (Å²) < 4.78 is 7.75. The molecule has 1 aromatic heterocycles. The zero-order valence-corrected chi connectivity index (χ0v) is 10.5. The number of aliphatic hydroxyl groups is 1. The van der Waals surface area contributed by atoms with Gasteiger partial charge in [0.05, 0.1) is 11.8 Å². The topological polar surface area (TPSA) is 47.3 Å². The minimum atomic E-state index is -0.473. The fraction of sp³-hybridized carbons (Fsp3) is 0.357. The van der Waals surface area contributed by atoms with Gasteiger partial charge in [-0.25, -0.2) is 0 Å². The average Bonchev–Trinajstić information content (AvgIpc) is 2.68. The van der Waals surface area contributed by atoms with Gasteiger partial charge in [-0.3, -0.25) is 4.68 Å². The van der Waals surface area contributed by atoms with Crippen LogP contribution in [0.25, 0.3) is 0 Å². The van der Waals surface area contributed by atoms with Crippen LogP contribution in [0.15, 0.2) is 30.5 Å². The number of hydrogen-bond acceptors (Lipinski definition) is 3. The quantitative estimate of drug-likeness (QED) is 0.837. The number of aryl methyl sites for hydroxylation is 2. The summed E-state index contributed by atoms with van der Waals surface area (Å²) in [7, 11) is 1.89.